The van der Waals surface area contributed by atoms with E-state index in [0.717, 1.165) is 18.5 Å². The summed E-state index contributed by atoms with van der Waals surface area (Å²) in [6.45, 7) is 3.75. The second-order valence-electron chi connectivity index (χ2n) is 6.43. The Morgan fingerprint density at radius 2 is 2.05 bits per heavy atom. The van der Waals surface area contributed by atoms with Crippen LogP contribution in [0.2, 0.25) is 5.02 Å². The lowest BCUT2D eigenvalue weighted by Crippen LogP contribution is -2.49. The number of carbonyl (C=O) groups is 1. The molecule has 6 heteroatoms. The van der Waals surface area contributed by atoms with E-state index in [1.54, 1.807) is 10.9 Å². The Hall–Kier alpha value is -1.07. The summed E-state index contributed by atoms with van der Waals surface area (Å²) in [5.74, 6) is 0.0341. The Kier molecular flexibility index (Phi) is 3.97. The fourth-order valence-corrected chi connectivity index (χ4v) is 3.89. The number of nitrogens with one attached hydrogen (secondary N) is 1. The molecule has 0 radical (unpaired) electrons. The summed E-state index contributed by atoms with van der Waals surface area (Å²) < 4.78 is 1.70. The van der Waals surface area contributed by atoms with Crippen molar-refractivity contribution in [1.29, 1.82) is 0 Å². The number of carbonyl (C=O) groups excluding carboxylic acids is 1. The van der Waals surface area contributed by atoms with Crippen molar-refractivity contribution in [3.63, 3.8) is 0 Å². The van der Waals surface area contributed by atoms with Crippen molar-refractivity contribution < 1.29 is 4.79 Å². The average molecular weight is 311 g/mol. The largest absolute Gasteiger partial charge is 0.351 e. The van der Waals surface area contributed by atoms with Gasteiger partial charge >= 0.3 is 0 Å². The van der Waals surface area contributed by atoms with E-state index in [9.17, 15) is 4.79 Å². The normalized spacial score (nSPS) is 30.4. The van der Waals surface area contributed by atoms with Crippen molar-refractivity contribution in [3.8, 4) is 0 Å². The average Bonchev–Trinajstić information content (AvgIpc) is 2.86. The van der Waals surface area contributed by atoms with Crippen molar-refractivity contribution in [1.82, 2.24) is 20.0 Å². The molecule has 0 aromatic carbocycles. The highest BCUT2D eigenvalue weighted by molar-refractivity contribution is 6.31. The molecule has 1 aromatic heterocycles. The maximum atomic E-state index is 12.5. The third-order valence-electron chi connectivity index (χ3n) is 5.18. The molecule has 2 aliphatic rings. The van der Waals surface area contributed by atoms with Crippen LogP contribution in [0.4, 0.5) is 0 Å². The SMILES string of the molecule is Cc1c(Cl)cnn1C(C)C(=O)NC1CC2CCC(C1)N2C. The minimum Gasteiger partial charge on any atom is -0.351 e. The number of aromatic nitrogens is 2. The zero-order chi connectivity index (χ0) is 15.1. The molecule has 0 saturated carbocycles. The van der Waals surface area contributed by atoms with Gasteiger partial charge in [0.2, 0.25) is 5.91 Å². The zero-order valence-corrected chi connectivity index (χ0v) is 13.6. The molecule has 0 spiro atoms. The highest BCUT2D eigenvalue weighted by Gasteiger charge is 2.39. The van der Waals surface area contributed by atoms with Crippen LogP contribution in [0.25, 0.3) is 0 Å². The van der Waals surface area contributed by atoms with Gasteiger partial charge in [-0.1, -0.05) is 11.6 Å². The van der Waals surface area contributed by atoms with Crippen molar-refractivity contribution in [2.75, 3.05) is 7.05 Å². The molecular weight excluding hydrogens is 288 g/mol. The van der Waals surface area contributed by atoms with E-state index in [2.05, 4.69) is 22.4 Å². The van der Waals surface area contributed by atoms with E-state index in [1.165, 1.54) is 12.8 Å². The molecule has 1 N–H and O–H groups in total. The number of nitrogens with zero attached hydrogens (tertiary/aromatic N) is 3. The zero-order valence-electron chi connectivity index (χ0n) is 12.8. The summed E-state index contributed by atoms with van der Waals surface area (Å²) in [5, 5.41) is 8.01. The van der Waals surface area contributed by atoms with Crippen LogP contribution in [-0.4, -0.2) is 45.8 Å². The Morgan fingerprint density at radius 1 is 1.43 bits per heavy atom. The predicted octanol–water partition coefficient (Wildman–Crippen LogP) is 2.15. The molecule has 1 aromatic rings. The smallest absolute Gasteiger partial charge is 0.244 e. The van der Waals surface area contributed by atoms with E-state index >= 15 is 0 Å². The van der Waals surface area contributed by atoms with Crippen LogP contribution in [-0.2, 0) is 4.79 Å². The Morgan fingerprint density at radius 3 is 2.57 bits per heavy atom. The van der Waals surface area contributed by atoms with Gasteiger partial charge in [-0.15, -0.1) is 0 Å². The topological polar surface area (TPSA) is 50.2 Å². The maximum absolute atomic E-state index is 12.5. The molecule has 5 nitrogen and oxygen atoms in total. The van der Waals surface area contributed by atoms with Crippen LogP contribution in [0.5, 0.6) is 0 Å². The predicted molar refractivity (Wildman–Crippen MR) is 82.4 cm³/mol. The standard InChI is InChI=1S/C15H23ClN4O/c1-9-14(16)8-17-20(9)10(2)15(21)18-11-6-12-4-5-13(7-11)19(12)3/h8,10-13H,4-7H2,1-3H3,(H,18,21). The van der Waals surface area contributed by atoms with E-state index in [1.807, 2.05) is 13.8 Å². The number of fused-ring (bicyclic) bond motifs is 2. The second-order valence-corrected chi connectivity index (χ2v) is 6.83. The fraction of sp³-hybridized carbons (Fsp3) is 0.733. The first-order chi connectivity index (χ1) is 9.97. The molecule has 3 unspecified atom stereocenters. The summed E-state index contributed by atoms with van der Waals surface area (Å²) in [6.07, 6.45) is 6.24. The Bertz CT molecular complexity index is 530. The van der Waals surface area contributed by atoms with E-state index < -0.39 is 0 Å². The molecule has 3 rings (SSSR count). The molecule has 0 aliphatic carbocycles. The molecule has 3 heterocycles. The van der Waals surface area contributed by atoms with E-state index in [0.29, 0.717) is 23.1 Å². The lowest BCUT2D eigenvalue weighted by Gasteiger charge is -2.37. The van der Waals surface area contributed by atoms with Crippen molar-refractivity contribution in [2.24, 2.45) is 0 Å². The Balaban J connectivity index is 1.63. The molecular formula is C15H23ClN4O. The lowest BCUT2D eigenvalue weighted by molar-refractivity contribution is -0.125. The molecule has 116 valence electrons. The number of halogens is 1. The number of rotatable bonds is 3. The van der Waals surface area contributed by atoms with Crippen molar-refractivity contribution in [2.45, 2.75) is 63.7 Å². The summed E-state index contributed by atoms with van der Waals surface area (Å²) in [7, 11) is 2.21. The molecule has 2 bridgehead atoms. The van der Waals surface area contributed by atoms with Crippen LogP contribution in [0.3, 0.4) is 0 Å². The number of hydrogen-bond donors (Lipinski definition) is 1. The molecule has 3 atom stereocenters. The molecule has 1 amide bonds. The first-order valence-corrected chi connectivity index (χ1v) is 8.07. The van der Waals surface area contributed by atoms with Gasteiger partial charge < -0.3 is 10.2 Å². The van der Waals surface area contributed by atoms with Crippen LogP contribution < -0.4 is 5.32 Å². The van der Waals surface area contributed by atoms with E-state index in [4.69, 9.17) is 11.6 Å². The van der Waals surface area contributed by atoms with Gasteiger partial charge in [-0.05, 0) is 46.6 Å². The maximum Gasteiger partial charge on any atom is 0.244 e. The summed E-state index contributed by atoms with van der Waals surface area (Å²) in [5.41, 5.74) is 0.836. The summed E-state index contributed by atoms with van der Waals surface area (Å²) >= 11 is 6.01. The van der Waals surface area contributed by atoms with Gasteiger partial charge in [0.25, 0.3) is 0 Å². The monoisotopic (exact) mass is 310 g/mol. The summed E-state index contributed by atoms with van der Waals surface area (Å²) in [6, 6.07) is 1.23. The minimum atomic E-state index is -0.324. The third kappa shape index (κ3) is 2.69. The van der Waals surface area contributed by atoms with Crippen LogP contribution in [0.1, 0.15) is 44.3 Å². The third-order valence-corrected chi connectivity index (χ3v) is 5.55. The molecule has 2 aliphatic heterocycles. The summed E-state index contributed by atoms with van der Waals surface area (Å²) in [4.78, 5) is 14.9. The number of amides is 1. The van der Waals surface area contributed by atoms with Gasteiger partial charge in [0.05, 0.1) is 16.9 Å². The second kappa shape index (κ2) is 5.61. The highest BCUT2D eigenvalue weighted by atomic mass is 35.5. The molecule has 21 heavy (non-hydrogen) atoms. The lowest BCUT2D eigenvalue weighted by atomic mass is 9.98. The highest BCUT2D eigenvalue weighted by Crippen LogP contribution is 2.34. The van der Waals surface area contributed by atoms with Crippen LogP contribution in [0.15, 0.2) is 6.20 Å². The van der Waals surface area contributed by atoms with Gasteiger partial charge in [-0.3, -0.25) is 9.48 Å². The van der Waals surface area contributed by atoms with E-state index in [-0.39, 0.29) is 11.9 Å². The van der Waals surface area contributed by atoms with Gasteiger partial charge in [-0.25, -0.2) is 0 Å². The van der Waals surface area contributed by atoms with Crippen LogP contribution in [0, 0.1) is 6.92 Å². The quantitative estimate of drug-likeness (QED) is 0.930. The number of piperidine rings is 1. The van der Waals surface area contributed by atoms with Crippen LogP contribution >= 0.6 is 11.6 Å². The Labute approximate surface area is 130 Å². The fourth-order valence-electron chi connectivity index (χ4n) is 3.76. The first kappa shape index (κ1) is 14.9. The minimum absolute atomic E-state index is 0.0341. The van der Waals surface area contributed by atoms with Crippen molar-refractivity contribution >= 4 is 17.5 Å². The van der Waals surface area contributed by atoms with Gasteiger partial charge in [0.1, 0.15) is 6.04 Å². The molecule has 2 saturated heterocycles. The first-order valence-electron chi connectivity index (χ1n) is 7.69. The van der Waals surface area contributed by atoms with Gasteiger partial charge in [-0.2, -0.15) is 5.10 Å². The van der Waals surface area contributed by atoms with Crippen molar-refractivity contribution in [3.05, 3.63) is 16.9 Å². The van der Waals surface area contributed by atoms with Gasteiger partial charge in [0, 0.05) is 18.1 Å². The molecule has 2 fully saturated rings. The van der Waals surface area contributed by atoms with Gasteiger partial charge in [0.15, 0.2) is 0 Å². The number of hydrogen-bond acceptors (Lipinski definition) is 3.